The monoisotopic (exact) mass is 371 g/mol. The lowest BCUT2D eigenvalue weighted by Crippen LogP contribution is -2.60. The van der Waals surface area contributed by atoms with E-state index in [-0.39, 0.29) is 11.6 Å². The lowest BCUT2D eigenvalue weighted by molar-refractivity contribution is -0.384. The summed E-state index contributed by atoms with van der Waals surface area (Å²) in [5.74, 6) is 2.59. The van der Waals surface area contributed by atoms with Crippen molar-refractivity contribution in [3.63, 3.8) is 0 Å². The van der Waals surface area contributed by atoms with E-state index in [4.69, 9.17) is 0 Å². The van der Waals surface area contributed by atoms with Crippen LogP contribution in [0.4, 0.5) is 5.69 Å². The predicted molar refractivity (Wildman–Crippen MR) is 104 cm³/mol. The summed E-state index contributed by atoms with van der Waals surface area (Å²) >= 11 is 0. The van der Waals surface area contributed by atoms with E-state index in [0.717, 1.165) is 30.8 Å². The van der Waals surface area contributed by atoms with Crippen molar-refractivity contribution in [2.45, 2.75) is 51.0 Å². The van der Waals surface area contributed by atoms with Crippen molar-refractivity contribution in [1.29, 1.82) is 0 Å². The van der Waals surface area contributed by atoms with Gasteiger partial charge in [-0.25, -0.2) is 0 Å². The fourth-order valence-corrected chi connectivity index (χ4v) is 6.32. The van der Waals surface area contributed by atoms with Gasteiger partial charge in [0.1, 0.15) is 0 Å². The van der Waals surface area contributed by atoms with Crippen molar-refractivity contribution >= 4 is 11.6 Å². The molecule has 4 fully saturated rings. The number of nitro groups is 1. The quantitative estimate of drug-likeness (QED) is 0.587. The van der Waals surface area contributed by atoms with Gasteiger partial charge in [-0.15, -0.1) is 0 Å². The molecule has 27 heavy (non-hydrogen) atoms. The highest BCUT2D eigenvalue weighted by Crippen LogP contribution is 2.57. The first-order chi connectivity index (χ1) is 13.0. The van der Waals surface area contributed by atoms with E-state index >= 15 is 0 Å². The Morgan fingerprint density at radius 3 is 2.19 bits per heavy atom. The molecule has 0 saturated heterocycles. The Morgan fingerprint density at radius 1 is 1.15 bits per heavy atom. The van der Waals surface area contributed by atoms with Gasteiger partial charge < -0.3 is 5.32 Å². The second-order valence-corrected chi connectivity index (χ2v) is 8.78. The van der Waals surface area contributed by atoms with Gasteiger partial charge in [0.05, 0.1) is 4.92 Å². The number of nitrogens with zero attached hydrogens (tertiary/aromatic N) is 2. The van der Waals surface area contributed by atoms with Gasteiger partial charge in [0, 0.05) is 36.3 Å². The highest BCUT2D eigenvalue weighted by atomic mass is 16.6. The zero-order valence-corrected chi connectivity index (χ0v) is 16.0. The lowest BCUT2D eigenvalue weighted by Gasteiger charge is -2.60. The Bertz CT molecular complexity index is 681. The molecule has 4 saturated carbocycles. The number of hydrogen-bond donors (Lipinski definition) is 1. The number of non-ortho nitro benzene ring substituents is 1. The maximum absolute atomic E-state index is 12.3. The van der Waals surface area contributed by atoms with Crippen LogP contribution in [0.1, 0.15) is 55.8 Å². The second kappa shape index (κ2) is 7.23. The molecule has 1 amide bonds. The van der Waals surface area contributed by atoms with E-state index in [1.807, 2.05) is 0 Å². The number of rotatable bonds is 7. The summed E-state index contributed by atoms with van der Waals surface area (Å²) in [4.78, 5) is 25.2. The molecule has 0 atom stereocenters. The summed E-state index contributed by atoms with van der Waals surface area (Å²) in [6.07, 6.45) is 8.32. The lowest BCUT2D eigenvalue weighted by atomic mass is 9.52. The molecule has 0 aliphatic heterocycles. The SMILES string of the molecule is CCN(CCNC(=O)c1ccc([N+](=O)[O-])cc1)C12CC3CC(CC(C3)C1)C2. The Kier molecular flexibility index (Phi) is 4.93. The Labute approximate surface area is 160 Å². The summed E-state index contributed by atoms with van der Waals surface area (Å²) in [6, 6.07) is 5.79. The fraction of sp³-hybridized carbons (Fsp3) is 0.667. The third-order valence-electron chi connectivity index (χ3n) is 7.07. The standard InChI is InChI=1S/C21H29N3O3/c1-2-23(21-12-15-9-16(13-21)11-17(10-15)14-21)8-7-22-20(25)18-3-5-19(6-4-18)24(26)27/h3-6,15-17H,2,7-14H2,1H3,(H,22,25). The molecular formula is C21H29N3O3. The molecule has 1 aromatic rings. The first-order valence-electron chi connectivity index (χ1n) is 10.3. The number of hydrogen-bond acceptors (Lipinski definition) is 4. The van der Waals surface area contributed by atoms with E-state index in [1.165, 1.54) is 62.8 Å². The molecule has 6 nitrogen and oxygen atoms in total. The van der Waals surface area contributed by atoms with Crippen molar-refractivity contribution in [3.05, 3.63) is 39.9 Å². The summed E-state index contributed by atoms with van der Waals surface area (Å²) in [5.41, 5.74) is 0.839. The van der Waals surface area contributed by atoms with Crippen LogP contribution in [0.15, 0.2) is 24.3 Å². The molecule has 0 radical (unpaired) electrons. The molecule has 0 unspecified atom stereocenters. The van der Waals surface area contributed by atoms with Crippen LogP contribution in [0.3, 0.4) is 0 Å². The minimum atomic E-state index is -0.452. The zero-order valence-electron chi connectivity index (χ0n) is 16.0. The van der Waals surface area contributed by atoms with Crippen LogP contribution >= 0.6 is 0 Å². The van der Waals surface area contributed by atoms with E-state index in [1.54, 1.807) is 0 Å². The maximum Gasteiger partial charge on any atom is 0.269 e. The molecule has 4 aliphatic carbocycles. The molecular weight excluding hydrogens is 342 g/mol. The van der Waals surface area contributed by atoms with Crippen LogP contribution in [0.2, 0.25) is 0 Å². The van der Waals surface area contributed by atoms with E-state index in [9.17, 15) is 14.9 Å². The third-order valence-corrected chi connectivity index (χ3v) is 7.07. The largest absolute Gasteiger partial charge is 0.351 e. The molecule has 5 rings (SSSR count). The number of nitro benzene ring substituents is 1. The van der Waals surface area contributed by atoms with Crippen LogP contribution in [0.25, 0.3) is 0 Å². The van der Waals surface area contributed by atoms with Crippen LogP contribution in [0.5, 0.6) is 0 Å². The van der Waals surface area contributed by atoms with Gasteiger partial charge >= 0.3 is 0 Å². The van der Waals surface area contributed by atoms with Crippen LogP contribution < -0.4 is 5.32 Å². The van der Waals surface area contributed by atoms with Gasteiger partial charge in [0.25, 0.3) is 11.6 Å². The Hall–Kier alpha value is -1.95. The predicted octanol–water partition coefficient (Wildman–Crippen LogP) is 3.62. The molecule has 4 aliphatic rings. The second-order valence-electron chi connectivity index (χ2n) is 8.78. The Morgan fingerprint density at radius 2 is 1.70 bits per heavy atom. The highest BCUT2D eigenvalue weighted by molar-refractivity contribution is 5.94. The minimum Gasteiger partial charge on any atom is -0.351 e. The number of amides is 1. The van der Waals surface area contributed by atoms with Gasteiger partial charge in [0.15, 0.2) is 0 Å². The summed E-state index contributed by atoms with van der Waals surface area (Å²) < 4.78 is 0. The smallest absolute Gasteiger partial charge is 0.269 e. The fourth-order valence-electron chi connectivity index (χ4n) is 6.32. The van der Waals surface area contributed by atoms with Crippen LogP contribution in [-0.2, 0) is 0 Å². The number of carbonyl (C=O) groups excluding carboxylic acids is 1. The van der Waals surface area contributed by atoms with Gasteiger partial charge in [-0.05, 0) is 75.0 Å². The topological polar surface area (TPSA) is 75.5 Å². The summed E-state index contributed by atoms with van der Waals surface area (Å²) in [7, 11) is 0. The average molecular weight is 371 g/mol. The van der Waals surface area contributed by atoms with Gasteiger partial charge in [0.2, 0.25) is 0 Å². The molecule has 146 valence electrons. The molecule has 0 heterocycles. The van der Waals surface area contributed by atoms with Crippen molar-refractivity contribution in [3.8, 4) is 0 Å². The van der Waals surface area contributed by atoms with E-state index in [2.05, 4.69) is 17.1 Å². The first-order valence-corrected chi connectivity index (χ1v) is 10.3. The maximum atomic E-state index is 12.3. The van der Waals surface area contributed by atoms with Gasteiger partial charge in [-0.3, -0.25) is 19.8 Å². The average Bonchev–Trinajstić information content (AvgIpc) is 2.64. The first kappa shape index (κ1) is 18.4. The molecule has 0 aromatic heterocycles. The zero-order chi connectivity index (χ0) is 19.0. The third kappa shape index (κ3) is 3.59. The molecule has 4 bridgehead atoms. The summed E-state index contributed by atoms with van der Waals surface area (Å²) in [6.45, 7) is 4.75. The van der Waals surface area contributed by atoms with E-state index in [0.29, 0.717) is 17.6 Å². The van der Waals surface area contributed by atoms with Crippen LogP contribution in [-0.4, -0.2) is 40.9 Å². The number of likely N-dealkylation sites (N-methyl/N-ethyl adjacent to an activating group) is 1. The van der Waals surface area contributed by atoms with Crippen LogP contribution in [0, 0.1) is 27.9 Å². The van der Waals surface area contributed by atoms with Crippen molar-refractivity contribution in [2.75, 3.05) is 19.6 Å². The molecule has 0 spiro atoms. The van der Waals surface area contributed by atoms with Crippen molar-refractivity contribution < 1.29 is 9.72 Å². The number of benzene rings is 1. The van der Waals surface area contributed by atoms with Gasteiger partial charge in [-0.2, -0.15) is 0 Å². The minimum absolute atomic E-state index is 0.00512. The van der Waals surface area contributed by atoms with Crippen molar-refractivity contribution in [2.24, 2.45) is 17.8 Å². The number of nitrogens with one attached hydrogen (secondary N) is 1. The normalized spacial score (nSPS) is 31.3. The summed E-state index contributed by atoms with van der Waals surface area (Å²) in [5, 5.41) is 13.7. The Balaban J connectivity index is 1.33. The number of carbonyl (C=O) groups is 1. The molecule has 6 heteroatoms. The highest BCUT2D eigenvalue weighted by Gasteiger charge is 2.52. The van der Waals surface area contributed by atoms with Gasteiger partial charge in [-0.1, -0.05) is 6.92 Å². The molecule has 1 N–H and O–H groups in total. The van der Waals surface area contributed by atoms with Crippen molar-refractivity contribution in [1.82, 2.24) is 10.2 Å². The van der Waals surface area contributed by atoms with E-state index < -0.39 is 4.92 Å². The molecule has 1 aromatic carbocycles.